The number of hydrazone groups is 1. The van der Waals surface area contributed by atoms with E-state index in [4.69, 9.17) is 11.6 Å². The highest BCUT2D eigenvalue weighted by Crippen LogP contribution is 2.59. The number of halogens is 1. The Morgan fingerprint density at radius 3 is 2.26 bits per heavy atom. The summed E-state index contributed by atoms with van der Waals surface area (Å²) in [4.78, 5) is 28.6. The van der Waals surface area contributed by atoms with Gasteiger partial charge in [0.25, 0.3) is 5.91 Å². The molecule has 0 aliphatic carbocycles. The zero-order chi connectivity index (χ0) is 23.9. The molecule has 3 aromatic rings. The van der Waals surface area contributed by atoms with Gasteiger partial charge in [-0.25, -0.2) is 5.01 Å². The predicted octanol–water partition coefficient (Wildman–Crippen LogP) is 6.54. The standard InChI is InChI=1S/C26H20ClN3O2S2/c1-17-8-10-19(11-9-17)16-23-25(32)29(21-6-4-3-5-7-21)26(33-23)30(28-24(34-26)18(2)31)22-14-12-20(27)13-15-22/h3-16H,1-2H3/b23-16+. The van der Waals surface area contributed by atoms with Crippen LogP contribution in [0.2, 0.25) is 5.02 Å². The first kappa shape index (κ1) is 22.8. The number of ketones is 1. The first-order chi connectivity index (χ1) is 16.4. The summed E-state index contributed by atoms with van der Waals surface area (Å²) in [6.07, 6.45) is 1.89. The SMILES string of the molecule is CC(=O)C1=NN(c2ccc(Cl)cc2)C2(S1)S/C(=C/c1ccc(C)cc1)C(=O)N2c1ccccc1. The maximum atomic E-state index is 13.9. The van der Waals surface area contributed by atoms with Gasteiger partial charge in [-0.3, -0.25) is 14.5 Å². The van der Waals surface area contributed by atoms with Gasteiger partial charge in [0.1, 0.15) is 0 Å². The molecule has 8 heteroatoms. The molecule has 1 saturated heterocycles. The van der Waals surface area contributed by atoms with Crippen LogP contribution in [-0.4, -0.2) is 21.1 Å². The maximum Gasteiger partial charge on any atom is 0.268 e. The Bertz CT molecular complexity index is 1320. The molecule has 3 aromatic carbocycles. The van der Waals surface area contributed by atoms with Crippen molar-refractivity contribution in [3.8, 4) is 0 Å². The van der Waals surface area contributed by atoms with Gasteiger partial charge in [-0.1, -0.05) is 71.4 Å². The molecule has 5 rings (SSSR count). The summed E-state index contributed by atoms with van der Waals surface area (Å²) in [5.74, 6) is -0.305. The van der Waals surface area contributed by atoms with Crippen LogP contribution >= 0.6 is 35.1 Å². The number of carbonyl (C=O) groups excluding carboxylic acids is 2. The largest absolute Gasteiger partial charge is 0.292 e. The van der Waals surface area contributed by atoms with Gasteiger partial charge in [0, 0.05) is 17.6 Å². The summed E-state index contributed by atoms with van der Waals surface area (Å²) in [7, 11) is 0. The van der Waals surface area contributed by atoms with Crippen LogP contribution < -0.4 is 9.91 Å². The molecule has 0 bridgehead atoms. The average molecular weight is 506 g/mol. The van der Waals surface area contributed by atoms with Crippen LogP contribution in [0.25, 0.3) is 6.08 Å². The minimum Gasteiger partial charge on any atom is -0.292 e. The fourth-order valence-corrected chi connectivity index (χ4v) is 6.73. The monoisotopic (exact) mass is 505 g/mol. The molecule has 0 saturated carbocycles. The number of carbonyl (C=O) groups is 2. The summed E-state index contributed by atoms with van der Waals surface area (Å²) < 4.78 is -1.04. The van der Waals surface area contributed by atoms with Crippen molar-refractivity contribution < 1.29 is 9.59 Å². The van der Waals surface area contributed by atoms with Gasteiger partial charge in [0.15, 0.2) is 10.8 Å². The summed E-state index contributed by atoms with van der Waals surface area (Å²) in [5.41, 5.74) is 3.53. The molecule has 0 radical (unpaired) electrons. The molecule has 1 amide bonds. The molecule has 0 aromatic heterocycles. The van der Waals surface area contributed by atoms with Crippen molar-refractivity contribution in [3.05, 3.63) is 99.9 Å². The summed E-state index contributed by atoms with van der Waals surface area (Å²) >= 11 is 8.79. The smallest absolute Gasteiger partial charge is 0.268 e. The minimum atomic E-state index is -1.04. The lowest BCUT2D eigenvalue weighted by molar-refractivity contribution is -0.114. The van der Waals surface area contributed by atoms with Crippen LogP contribution in [0.1, 0.15) is 18.1 Å². The molecule has 1 spiro atoms. The number of amides is 1. The maximum absolute atomic E-state index is 13.9. The Morgan fingerprint density at radius 2 is 1.62 bits per heavy atom. The molecule has 5 nitrogen and oxygen atoms in total. The molecule has 34 heavy (non-hydrogen) atoms. The number of hydrogen-bond acceptors (Lipinski definition) is 6. The lowest BCUT2D eigenvalue weighted by Crippen LogP contribution is -2.51. The van der Waals surface area contributed by atoms with Crippen molar-refractivity contribution in [1.82, 2.24) is 0 Å². The van der Waals surface area contributed by atoms with Crippen molar-refractivity contribution in [3.63, 3.8) is 0 Å². The fourth-order valence-electron chi connectivity index (χ4n) is 3.73. The second kappa shape index (κ2) is 8.98. The molecule has 170 valence electrons. The van der Waals surface area contributed by atoms with Crippen LogP contribution in [0, 0.1) is 6.92 Å². The van der Waals surface area contributed by atoms with E-state index < -0.39 is 4.33 Å². The zero-order valence-corrected chi connectivity index (χ0v) is 20.8. The highest BCUT2D eigenvalue weighted by molar-refractivity contribution is 8.29. The van der Waals surface area contributed by atoms with Crippen LogP contribution in [0.5, 0.6) is 0 Å². The first-order valence-electron chi connectivity index (χ1n) is 10.6. The van der Waals surface area contributed by atoms with Gasteiger partial charge >= 0.3 is 0 Å². The summed E-state index contributed by atoms with van der Waals surface area (Å²) in [6, 6.07) is 24.7. The van der Waals surface area contributed by atoms with Crippen molar-refractivity contribution in [2.75, 3.05) is 9.91 Å². The van der Waals surface area contributed by atoms with Crippen molar-refractivity contribution in [1.29, 1.82) is 0 Å². The van der Waals surface area contributed by atoms with Gasteiger partial charge in [0.05, 0.1) is 10.6 Å². The number of Topliss-reactive ketones (excluding diaryl/α,β-unsaturated/α-hetero) is 1. The third kappa shape index (κ3) is 4.04. The van der Waals surface area contributed by atoms with Crippen LogP contribution in [0.4, 0.5) is 11.4 Å². The van der Waals surface area contributed by atoms with E-state index in [1.54, 1.807) is 22.0 Å². The van der Waals surface area contributed by atoms with E-state index in [0.29, 0.717) is 15.0 Å². The van der Waals surface area contributed by atoms with E-state index in [1.165, 1.54) is 30.4 Å². The number of thioether (sulfide) groups is 2. The lowest BCUT2D eigenvalue weighted by Gasteiger charge is -2.38. The van der Waals surface area contributed by atoms with E-state index in [9.17, 15) is 9.59 Å². The summed E-state index contributed by atoms with van der Waals surface area (Å²) in [5, 5.41) is 7.34. The second-order valence-electron chi connectivity index (χ2n) is 7.90. The lowest BCUT2D eigenvalue weighted by atomic mass is 10.1. The van der Waals surface area contributed by atoms with E-state index in [0.717, 1.165) is 22.5 Å². The molecular weight excluding hydrogens is 486 g/mol. The average Bonchev–Trinajstić information content (AvgIpc) is 3.34. The fraction of sp³-hybridized carbons (Fsp3) is 0.115. The Labute approximate surface area is 211 Å². The van der Waals surface area contributed by atoms with Crippen molar-refractivity contribution in [2.45, 2.75) is 18.2 Å². The summed E-state index contributed by atoms with van der Waals surface area (Å²) in [6.45, 7) is 3.51. The predicted molar refractivity (Wildman–Crippen MR) is 143 cm³/mol. The topological polar surface area (TPSA) is 53.0 Å². The van der Waals surface area contributed by atoms with Gasteiger partial charge in [-0.2, -0.15) is 5.10 Å². The van der Waals surface area contributed by atoms with E-state index in [2.05, 4.69) is 5.10 Å². The number of rotatable bonds is 4. The molecule has 2 aliphatic rings. The van der Waals surface area contributed by atoms with Gasteiger partial charge in [0.2, 0.25) is 4.33 Å². The van der Waals surface area contributed by atoms with Crippen LogP contribution in [0.3, 0.4) is 0 Å². The van der Waals surface area contributed by atoms with Crippen LogP contribution in [0.15, 0.2) is 88.9 Å². The second-order valence-corrected chi connectivity index (χ2v) is 11.0. The van der Waals surface area contributed by atoms with E-state index in [-0.39, 0.29) is 11.7 Å². The third-order valence-electron chi connectivity index (χ3n) is 5.39. The van der Waals surface area contributed by atoms with E-state index in [1.807, 2.05) is 79.7 Å². The molecule has 2 aliphatic heterocycles. The third-order valence-corrected chi connectivity index (χ3v) is 8.46. The van der Waals surface area contributed by atoms with E-state index >= 15 is 0 Å². The normalized spacial score (nSPS) is 21.0. The zero-order valence-electron chi connectivity index (χ0n) is 18.4. The highest BCUT2D eigenvalue weighted by Gasteiger charge is 2.59. The first-order valence-corrected chi connectivity index (χ1v) is 12.6. The Balaban J connectivity index is 1.68. The van der Waals surface area contributed by atoms with Gasteiger partial charge < -0.3 is 0 Å². The Hall–Kier alpha value is -3.00. The van der Waals surface area contributed by atoms with Crippen molar-refractivity contribution in [2.24, 2.45) is 5.10 Å². The molecule has 1 unspecified atom stereocenters. The molecular formula is C26H20ClN3O2S2. The number of aryl methyl sites for hydroxylation is 1. The van der Waals surface area contributed by atoms with Crippen molar-refractivity contribution >= 4 is 69.3 Å². The molecule has 1 fully saturated rings. The quantitative estimate of drug-likeness (QED) is 0.377. The molecule has 1 atom stereocenters. The van der Waals surface area contributed by atoms with Crippen LogP contribution in [-0.2, 0) is 9.59 Å². The number of nitrogens with zero attached hydrogens (tertiary/aromatic N) is 3. The van der Waals surface area contributed by atoms with Gasteiger partial charge in [-0.05, 0) is 66.7 Å². The number of anilines is 2. The molecule has 2 heterocycles. The Morgan fingerprint density at radius 1 is 0.941 bits per heavy atom. The highest BCUT2D eigenvalue weighted by atomic mass is 35.5. The minimum absolute atomic E-state index is 0.150. The number of benzene rings is 3. The number of hydrogen-bond donors (Lipinski definition) is 0. The molecule has 0 N–H and O–H groups in total. The number of para-hydroxylation sites is 1. The Kier molecular flexibility index (Phi) is 6.02. The van der Waals surface area contributed by atoms with Gasteiger partial charge in [-0.15, -0.1) is 0 Å².